The minimum Gasteiger partial charge on any atom is -0.493 e. The zero-order valence-corrected chi connectivity index (χ0v) is 20.5. The Kier molecular flexibility index (Phi) is 6.63. The summed E-state index contributed by atoms with van der Waals surface area (Å²) >= 11 is 0. The Bertz CT molecular complexity index is 1280. The van der Waals surface area contributed by atoms with Crippen molar-refractivity contribution in [3.05, 3.63) is 51.8 Å². The van der Waals surface area contributed by atoms with E-state index in [2.05, 4.69) is 46.9 Å². The summed E-state index contributed by atoms with van der Waals surface area (Å²) in [5, 5.41) is 0.312. The topological polar surface area (TPSA) is 92.3 Å². The van der Waals surface area contributed by atoms with Crippen molar-refractivity contribution in [2.24, 2.45) is 4.99 Å². The summed E-state index contributed by atoms with van der Waals surface area (Å²) in [6.07, 6.45) is 0. The van der Waals surface area contributed by atoms with Gasteiger partial charge in [0.2, 0.25) is 11.7 Å². The van der Waals surface area contributed by atoms with Gasteiger partial charge in [0.05, 0.1) is 33.4 Å². The number of fused-ring (bicyclic) bond motifs is 1. The van der Waals surface area contributed by atoms with Gasteiger partial charge in [-0.3, -0.25) is 9.79 Å². The second-order valence-electron chi connectivity index (χ2n) is 8.48. The highest BCUT2D eigenvalue weighted by atomic mass is 16.5. The Morgan fingerprint density at radius 2 is 1.88 bits per heavy atom. The monoisotopic (exact) mass is 465 g/mol. The van der Waals surface area contributed by atoms with E-state index in [0.717, 1.165) is 30.1 Å². The van der Waals surface area contributed by atoms with E-state index < -0.39 is 5.56 Å². The highest BCUT2D eigenvalue weighted by molar-refractivity contribution is 6.00. The molecule has 9 nitrogen and oxygen atoms in total. The molecule has 0 fully saturated rings. The third-order valence-corrected chi connectivity index (χ3v) is 5.96. The summed E-state index contributed by atoms with van der Waals surface area (Å²) in [6, 6.07) is 10.4. The number of benzene rings is 2. The molecule has 34 heavy (non-hydrogen) atoms. The zero-order valence-electron chi connectivity index (χ0n) is 20.5. The Labute approximate surface area is 199 Å². The van der Waals surface area contributed by atoms with Gasteiger partial charge in [-0.2, -0.15) is 4.98 Å². The first-order valence-electron chi connectivity index (χ1n) is 11.2. The standard InChI is InChI=1S/C25H31N5O4/c1-15(2)30-11-10-26-23(30)17-9-7-8-16(12-17)14-29(3)25-27-18-13-19(32-4)21(33-5)22(34-6)20(18)24(31)28-25/h7-9,12-13,15H,10-11,14H2,1-6H3,(H,27,28,31). The Morgan fingerprint density at radius 1 is 1.12 bits per heavy atom. The Balaban J connectivity index is 1.67. The molecule has 0 unspecified atom stereocenters. The van der Waals surface area contributed by atoms with E-state index in [1.54, 1.807) is 6.07 Å². The van der Waals surface area contributed by atoms with Crippen molar-refractivity contribution in [1.82, 2.24) is 14.9 Å². The maximum Gasteiger partial charge on any atom is 0.286 e. The van der Waals surface area contributed by atoms with Crippen molar-refractivity contribution >= 4 is 22.7 Å². The molecular formula is C25H31N5O4. The summed E-state index contributed by atoms with van der Waals surface area (Å²) in [6.45, 7) is 6.68. The molecule has 3 aromatic rings. The number of nitrogens with one attached hydrogen (secondary N) is 1. The number of H-pyrrole nitrogens is 1. The van der Waals surface area contributed by atoms with Crippen LogP contribution in [0.4, 0.5) is 5.95 Å². The van der Waals surface area contributed by atoms with E-state index in [4.69, 9.17) is 19.2 Å². The van der Waals surface area contributed by atoms with Crippen LogP contribution in [0.25, 0.3) is 10.9 Å². The zero-order chi connectivity index (χ0) is 24.4. The number of aliphatic imine (C=N–C) groups is 1. The van der Waals surface area contributed by atoms with Crippen LogP contribution in [0.3, 0.4) is 0 Å². The molecule has 1 aliphatic rings. The molecule has 2 aromatic carbocycles. The van der Waals surface area contributed by atoms with Crippen LogP contribution in [0, 0.1) is 0 Å². The molecule has 2 heterocycles. The molecule has 9 heteroatoms. The van der Waals surface area contributed by atoms with E-state index >= 15 is 0 Å². The van der Waals surface area contributed by atoms with Gasteiger partial charge < -0.3 is 29.0 Å². The third-order valence-electron chi connectivity index (χ3n) is 5.96. The van der Waals surface area contributed by atoms with E-state index in [-0.39, 0.29) is 0 Å². The van der Waals surface area contributed by atoms with Crippen LogP contribution in [0.2, 0.25) is 0 Å². The second kappa shape index (κ2) is 9.62. The molecule has 1 aromatic heterocycles. The minimum absolute atomic E-state index is 0.291. The lowest BCUT2D eigenvalue weighted by molar-refractivity contribution is 0.327. The van der Waals surface area contributed by atoms with Crippen LogP contribution in [0.15, 0.2) is 40.1 Å². The largest absolute Gasteiger partial charge is 0.493 e. The van der Waals surface area contributed by atoms with Crippen molar-refractivity contribution in [3.8, 4) is 17.2 Å². The fourth-order valence-electron chi connectivity index (χ4n) is 4.33. The Morgan fingerprint density at radius 3 is 2.56 bits per heavy atom. The number of aromatic nitrogens is 2. The van der Waals surface area contributed by atoms with E-state index in [1.165, 1.54) is 21.3 Å². The van der Waals surface area contributed by atoms with Crippen LogP contribution in [-0.2, 0) is 6.54 Å². The molecule has 1 N–H and O–H groups in total. The first-order chi connectivity index (χ1) is 16.4. The molecule has 180 valence electrons. The maximum atomic E-state index is 13.0. The number of amidine groups is 1. The van der Waals surface area contributed by atoms with Gasteiger partial charge >= 0.3 is 0 Å². The molecule has 0 atom stereocenters. The summed E-state index contributed by atoms with van der Waals surface area (Å²) in [4.78, 5) is 29.4. The van der Waals surface area contributed by atoms with Gasteiger partial charge in [-0.05, 0) is 25.5 Å². The van der Waals surface area contributed by atoms with Crippen LogP contribution in [0.5, 0.6) is 17.2 Å². The fraction of sp³-hybridized carbons (Fsp3) is 0.400. The number of hydrogen-bond acceptors (Lipinski definition) is 8. The fourth-order valence-corrected chi connectivity index (χ4v) is 4.33. The van der Waals surface area contributed by atoms with Gasteiger partial charge in [0.15, 0.2) is 11.5 Å². The van der Waals surface area contributed by atoms with E-state index in [0.29, 0.717) is 46.7 Å². The van der Waals surface area contributed by atoms with Crippen LogP contribution < -0.4 is 24.7 Å². The molecule has 1 aliphatic heterocycles. The summed E-state index contributed by atoms with van der Waals surface area (Å²) < 4.78 is 16.3. The first-order valence-corrected chi connectivity index (χ1v) is 11.2. The maximum absolute atomic E-state index is 13.0. The Hall–Kier alpha value is -3.75. The number of ether oxygens (including phenoxy) is 3. The predicted molar refractivity (Wildman–Crippen MR) is 134 cm³/mol. The molecule has 0 amide bonds. The van der Waals surface area contributed by atoms with Gasteiger partial charge in [0.25, 0.3) is 5.56 Å². The number of aromatic amines is 1. The van der Waals surface area contributed by atoms with Crippen molar-refractivity contribution in [3.63, 3.8) is 0 Å². The van der Waals surface area contributed by atoms with Crippen LogP contribution >= 0.6 is 0 Å². The summed E-state index contributed by atoms with van der Waals surface area (Å²) in [5.41, 5.74) is 2.33. The number of nitrogens with zero attached hydrogens (tertiary/aromatic N) is 4. The summed E-state index contributed by atoms with van der Waals surface area (Å²) in [7, 11) is 6.42. The molecule has 0 saturated carbocycles. The summed E-state index contributed by atoms with van der Waals surface area (Å²) in [5.74, 6) is 2.58. The normalized spacial score (nSPS) is 13.4. The van der Waals surface area contributed by atoms with Gasteiger partial charge in [0.1, 0.15) is 11.2 Å². The molecule has 0 bridgehead atoms. The molecule has 0 aliphatic carbocycles. The van der Waals surface area contributed by atoms with Crippen LogP contribution in [-0.4, -0.2) is 68.2 Å². The van der Waals surface area contributed by atoms with Crippen molar-refractivity contribution in [2.75, 3.05) is 46.4 Å². The lowest BCUT2D eigenvalue weighted by Gasteiger charge is -2.25. The van der Waals surface area contributed by atoms with Gasteiger partial charge in [0, 0.05) is 37.8 Å². The molecular weight excluding hydrogens is 434 g/mol. The van der Waals surface area contributed by atoms with Crippen LogP contribution in [0.1, 0.15) is 25.0 Å². The second-order valence-corrected chi connectivity index (χ2v) is 8.48. The average Bonchev–Trinajstić information content (AvgIpc) is 3.33. The van der Waals surface area contributed by atoms with E-state index in [9.17, 15) is 4.79 Å². The third kappa shape index (κ3) is 4.25. The van der Waals surface area contributed by atoms with E-state index in [1.807, 2.05) is 18.0 Å². The van der Waals surface area contributed by atoms with Gasteiger partial charge in [-0.25, -0.2) is 0 Å². The number of hydrogen-bond donors (Lipinski definition) is 1. The van der Waals surface area contributed by atoms with Gasteiger partial charge in [-0.1, -0.05) is 18.2 Å². The van der Waals surface area contributed by atoms with Crippen molar-refractivity contribution in [1.29, 1.82) is 0 Å². The number of anilines is 1. The van der Waals surface area contributed by atoms with Crippen molar-refractivity contribution < 1.29 is 14.2 Å². The average molecular weight is 466 g/mol. The minimum atomic E-state index is -0.407. The number of methoxy groups -OCH3 is 3. The quantitative estimate of drug-likeness (QED) is 0.547. The lowest BCUT2D eigenvalue weighted by Crippen LogP contribution is -2.34. The number of rotatable bonds is 8. The molecule has 0 spiro atoms. The molecule has 4 rings (SSSR count). The molecule has 0 radical (unpaired) electrons. The smallest absolute Gasteiger partial charge is 0.286 e. The van der Waals surface area contributed by atoms with Gasteiger partial charge in [-0.15, -0.1) is 0 Å². The first kappa shape index (κ1) is 23.4. The lowest BCUT2D eigenvalue weighted by atomic mass is 10.1. The SMILES string of the molecule is COc1cc2[nH]c(N(C)Cc3cccc(C4=NCCN4C(C)C)c3)nc(=O)c2c(OC)c1OC. The molecule has 0 saturated heterocycles. The highest BCUT2D eigenvalue weighted by Crippen LogP contribution is 2.41. The van der Waals surface area contributed by atoms with Crippen molar-refractivity contribution in [2.45, 2.75) is 26.4 Å². The predicted octanol–water partition coefficient (Wildman–Crippen LogP) is 3.06. The highest BCUT2D eigenvalue weighted by Gasteiger charge is 2.22.